The van der Waals surface area contributed by atoms with Gasteiger partial charge in [0.1, 0.15) is 11.4 Å². The van der Waals surface area contributed by atoms with Gasteiger partial charge in [0.25, 0.3) is 0 Å². The van der Waals surface area contributed by atoms with Gasteiger partial charge in [0.05, 0.1) is 23.1 Å². The molecule has 0 radical (unpaired) electrons. The van der Waals surface area contributed by atoms with Crippen molar-refractivity contribution in [2.45, 2.75) is 34.1 Å². The van der Waals surface area contributed by atoms with Gasteiger partial charge in [0, 0.05) is 23.6 Å². The molecule has 0 aliphatic carbocycles. The van der Waals surface area contributed by atoms with Crippen LogP contribution in [0.2, 0.25) is 0 Å². The van der Waals surface area contributed by atoms with E-state index in [-0.39, 0.29) is 11.3 Å². The van der Waals surface area contributed by atoms with Gasteiger partial charge in [-0.1, -0.05) is 38.8 Å². The molecular formula is C26H26N6O. The van der Waals surface area contributed by atoms with Gasteiger partial charge < -0.3 is 10.3 Å². The Kier molecular flexibility index (Phi) is 5.84. The molecule has 1 aromatic carbocycles. The summed E-state index contributed by atoms with van der Waals surface area (Å²) in [6, 6.07) is 7.90. The Morgan fingerprint density at radius 1 is 1.21 bits per heavy atom. The number of carbonyl (C=O) groups is 1. The van der Waals surface area contributed by atoms with Gasteiger partial charge in [-0.05, 0) is 42.2 Å². The van der Waals surface area contributed by atoms with Crippen LogP contribution in [0, 0.1) is 17.8 Å². The molecule has 7 nitrogen and oxygen atoms in total. The fourth-order valence-corrected chi connectivity index (χ4v) is 3.61. The maximum atomic E-state index is 12.3. The van der Waals surface area contributed by atoms with Crippen molar-refractivity contribution < 1.29 is 4.79 Å². The van der Waals surface area contributed by atoms with Crippen molar-refractivity contribution in [1.82, 2.24) is 25.1 Å². The summed E-state index contributed by atoms with van der Waals surface area (Å²) in [7, 11) is 0. The van der Waals surface area contributed by atoms with Crippen molar-refractivity contribution in [2.24, 2.45) is 5.41 Å². The Hall–Kier alpha value is -4.18. The minimum Gasteiger partial charge on any atom is -0.330 e. The third-order valence-electron chi connectivity index (χ3n) is 5.03. The van der Waals surface area contributed by atoms with E-state index in [4.69, 9.17) is 6.42 Å². The molecular weight excluding hydrogens is 412 g/mol. The second kappa shape index (κ2) is 8.75. The van der Waals surface area contributed by atoms with Crippen molar-refractivity contribution in [1.29, 1.82) is 0 Å². The van der Waals surface area contributed by atoms with Crippen LogP contribution in [0.4, 0.5) is 5.69 Å². The van der Waals surface area contributed by atoms with Gasteiger partial charge >= 0.3 is 0 Å². The zero-order valence-electron chi connectivity index (χ0n) is 19.2. The quantitative estimate of drug-likeness (QED) is 0.363. The lowest BCUT2D eigenvalue weighted by Crippen LogP contribution is -2.19. The molecule has 0 fully saturated rings. The average molecular weight is 439 g/mol. The predicted molar refractivity (Wildman–Crippen MR) is 132 cm³/mol. The van der Waals surface area contributed by atoms with E-state index in [1.165, 1.54) is 0 Å². The summed E-state index contributed by atoms with van der Waals surface area (Å²) in [5.74, 6) is 3.20. The Bertz CT molecular complexity index is 1390. The second-order valence-corrected chi connectivity index (χ2v) is 9.07. The normalized spacial score (nSPS) is 11.7. The SMILES string of the molecule is C#Cc1[nH]c(-c2n[nH]c3ccc(-c4cncc(NC(=O)CC(C)(C)C)c4)cc23)nc1/C=C\C. The first-order valence-corrected chi connectivity index (χ1v) is 10.7. The number of rotatable bonds is 5. The smallest absolute Gasteiger partial charge is 0.224 e. The van der Waals surface area contributed by atoms with Crippen LogP contribution in [0.3, 0.4) is 0 Å². The third kappa shape index (κ3) is 4.85. The number of hydrogen-bond donors (Lipinski definition) is 3. The molecule has 4 rings (SSSR count). The van der Waals surface area contributed by atoms with E-state index in [1.54, 1.807) is 12.4 Å². The number of nitrogens with zero attached hydrogens (tertiary/aromatic N) is 3. The highest BCUT2D eigenvalue weighted by Gasteiger charge is 2.17. The number of allylic oxidation sites excluding steroid dienone is 1. The molecule has 0 unspecified atom stereocenters. The van der Waals surface area contributed by atoms with Gasteiger partial charge in [-0.15, -0.1) is 6.42 Å². The Labute approximate surface area is 192 Å². The number of aromatic nitrogens is 5. The average Bonchev–Trinajstić information content (AvgIpc) is 3.36. The maximum absolute atomic E-state index is 12.3. The molecule has 3 aromatic heterocycles. The predicted octanol–water partition coefficient (Wildman–Crippen LogP) is 5.40. The molecule has 0 aliphatic heterocycles. The van der Waals surface area contributed by atoms with Crippen LogP contribution in [0.1, 0.15) is 45.5 Å². The van der Waals surface area contributed by atoms with E-state index in [2.05, 4.69) is 36.4 Å². The molecule has 1 amide bonds. The minimum absolute atomic E-state index is 0.0342. The van der Waals surface area contributed by atoms with Crippen molar-refractivity contribution in [3.05, 3.63) is 54.1 Å². The number of fused-ring (bicyclic) bond motifs is 1. The standard InChI is InChI=1S/C26H26N6O/c1-6-8-22-20(7-2)29-25(30-22)24-19-12-16(9-10-21(19)31-32-24)17-11-18(15-27-14-17)28-23(33)13-26(3,4)5/h2,6,8-12,14-15H,13H2,1,3-5H3,(H,28,33)(H,29,30)(H,31,32)/b8-6-. The number of benzene rings is 1. The number of anilines is 1. The van der Waals surface area contributed by atoms with E-state index >= 15 is 0 Å². The monoisotopic (exact) mass is 438 g/mol. The first kappa shape index (κ1) is 22.0. The summed E-state index contributed by atoms with van der Waals surface area (Å²) in [5, 5.41) is 11.4. The van der Waals surface area contributed by atoms with Gasteiger partial charge in [-0.3, -0.25) is 14.9 Å². The van der Waals surface area contributed by atoms with E-state index in [0.717, 1.165) is 22.0 Å². The molecule has 0 bridgehead atoms. The van der Waals surface area contributed by atoms with Crippen LogP contribution in [0.5, 0.6) is 0 Å². The number of hydrogen-bond acceptors (Lipinski definition) is 4. The van der Waals surface area contributed by atoms with Crippen LogP contribution < -0.4 is 5.32 Å². The van der Waals surface area contributed by atoms with Crippen LogP contribution in [0.15, 0.2) is 42.7 Å². The lowest BCUT2D eigenvalue weighted by molar-refractivity contribution is -0.117. The molecule has 3 heterocycles. The fourth-order valence-electron chi connectivity index (χ4n) is 3.61. The molecule has 0 atom stereocenters. The van der Waals surface area contributed by atoms with Crippen LogP contribution >= 0.6 is 0 Å². The van der Waals surface area contributed by atoms with Gasteiger partial charge in [-0.25, -0.2) is 4.98 Å². The summed E-state index contributed by atoms with van der Waals surface area (Å²) in [6.45, 7) is 8.02. The van der Waals surface area contributed by atoms with Gasteiger partial charge in [0.15, 0.2) is 5.82 Å². The number of imidazole rings is 1. The third-order valence-corrected chi connectivity index (χ3v) is 5.03. The zero-order valence-corrected chi connectivity index (χ0v) is 19.2. The summed E-state index contributed by atoms with van der Waals surface area (Å²) in [5.41, 5.74) is 5.27. The van der Waals surface area contributed by atoms with Gasteiger partial charge in [0.2, 0.25) is 5.91 Å². The number of H-pyrrole nitrogens is 2. The summed E-state index contributed by atoms with van der Waals surface area (Å²) in [6.07, 6.45) is 13.2. The second-order valence-electron chi connectivity index (χ2n) is 9.07. The summed E-state index contributed by atoms with van der Waals surface area (Å²) in [4.78, 5) is 24.4. The lowest BCUT2D eigenvalue weighted by atomic mass is 9.92. The van der Waals surface area contributed by atoms with Crippen LogP contribution in [-0.2, 0) is 4.79 Å². The topological polar surface area (TPSA) is 99.4 Å². The fraction of sp³-hybridized carbons (Fsp3) is 0.231. The number of pyridine rings is 1. The molecule has 4 aromatic rings. The molecule has 0 spiro atoms. The number of terminal acetylenes is 1. The molecule has 166 valence electrons. The number of nitrogens with one attached hydrogen (secondary N) is 3. The van der Waals surface area contributed by atoms with Crippen molar-refractivity contribution in [3.8, 4) is 35.0 Å². The van der Waals surface area contributed by atoms with E-state index in [1.807, 2.05) is 64.1 Å². The van der Waals surface area contributed by atoms with Crippen molar-refractivity contribution >= 4 is 28.6 Å². The molecule has 0 saturated carbocycles. The molecule has 33 heavy (non-hydrogen) atoms. The highest BCUT2D eigenvalue weighted by atomic mass is 16.1. The van der Waals surface area contributed by atoms with Gasteiger partial charge in [-0.2, -0.15) is 5.10 Å². The highest BCUT2D eigenvalue weighted by molar-refractivity contribution is 5.95. The zero-order chi connectivity index (χ0) is 23.6. The highest BCUT2D eigenvalue weighted by Crippen LogP contribution is 2.31. The molecule has 0 saturated heterocycles. The Morgan fingerprint density at radius 3 is 2.76 bits per heavy atom. The number of aromatic amines is 2. The van der Waals surface area contributed by atoms with Crippen LogP contribution in [0.25, 0.3) is 39.6 Å². The van der Waals surface area contributed by atoms with E-state index < -0.39 is 0 Å². The first-order valence-electron chi connectivity index (χ1n) is 10.7. The number of carbonyl (C=O) groups excluding carboxylic acids is 1. The molecule has 3 N–H and O–H groups in total. The molecule has 7 heteroatoms. The first-order chi connectivity index (χ1) is 15.8. The maximum Gasteiger partial charge on any atom is 0.224 e. The lowest BCUT2D eigenvalue weighted by Gasteiger charge is -2.17. The molecule has 0 aliphatic rings. The Balaban J connectivity index is 1.69. The Morgan fingerprint density at radius 2 is 2.03 bits per heavy atom. The summed E-state index contributed by atoms with van der Waals surface area (Å²) >= 11 is 0. The van der Waals surface area contributed by atoms with Crippen LogP contribution in [-0.4, -0.2) is 31.1 Å². The van der Waals surface area contributed by atoms with E-state index in [9.17, 15) is 4.79 Å². The van der Waals surface area contributed by atoms with E-state index in [0.29, 0.717) is 35.0 Å². The van der Waals surface area contributed by atoms with Crippen molar-refractivity contribution in [2.75, 3.05) is 5.32 Å². The number of amides is 1. The largest absolute Gasteiger partial charge is 0.330 e. The summed E-state index contributed by atoms with van der Waals surface area (Å²) < 4.78 is 0. The van der Waals surface area contributed by atoms with Crippen molar-refractivity contribution in [3.63, 3.8) is 0 Å². The minimum atomic E-state index is -0.0875.